The first-order valence-corrected chi connectivity index (χ1v) is 8.67. The number of aliphatic hydroxyl groups is 2. The van der Waals surface area contributed by atoms with Crippen molar-refractivity contribution in [1.29, 1.82) is 0 Å². The highest BCUT2D eigenvalue weighted by atomic mass is 19.1. The summed E-state index contributed by atoms with van der Waals surface area (Å²) in [5.74, 6) is -1.40. The van der Waals surface area contributed by atoms with Gasteiger partial charge in [0.15, 0.2) is 0 Å². The van der Waals surface area contributed by atoms with Crippen molar-refractivity contribution in [2.45, 2.75) is 37.5 Å². The van der Waals surface area contributed by atoms with Gasteiger partial charge in [0.25, 0.3) is 0 Å². The molecule has 3 unspecified atom stereocenters. The lowest BCUT2D eigenvalue weighted by Gasteiger charge is -2.38. The molecule has 0 aromatic heterocycles. The smallest absolute Gasteiger partial charge is 0.123 e. The fourth-order valence-electron chi connectivity index (χ4n) is 3.48. The Labute approximate surface area is 146 Å². The maximum absolute atomic E-state index is 13.3. The molecule has 0 spiro atoms. The summed E-state index contributed by atoms with van der Waals surface area (Å²) in [4.78, 5) is 1.95. The molecule has 1 aliphatic heterocycles. The number of hydrogen-bond acceptors (Lipinski definition) is 3. The Morgan fingerprint density at radius 2 is 1.20 bits per heavy atom. The fourth-order valence-corrected chi connectivity index (χ4v) is 3.48. The first kappa shape index (κ1) is 18.0. The van der Waals surface area contributed by atoms with E-state index in [1.165, 1.54) is 36.4 Å². The van der Waals surface area contributed by atoms with Gasteiger partial charge in [-0.25, -0.2) is 8.78 Å². The van der Waals surface area contributed by atoms with Crippen LogP contribution in [0.25, 0.3) is 0 Å². The maximum Gasteiger partial charge on any atom is 0.123 e. The normalized spacial score (nSPS) is 19.4. The minimum atomic E-state index is -1.03. The summed E-state index contributed by atoms with van der Waals surface area (Å²) >= 11 is 0. The molecular weight excluding hydrogens is 324 g/mol. The number of piperidine rings is 1. The number of nitrogens with zero attached hydrogens (tertiary/aromatic N) is 1. The highest BCUT2D eigenvalue weighted by molar-refractivity contribution is 5.28. The van der Waals surface area contributed by atoms with Gasteiger partial charge in [-0.2, -0.15) is 0 Å². The SMILES string of the molecule is OC(c1ccc(F)cc1)C(c1ccc(F)cc1)C(O)N1CCCCC1. The van der Waals surface area contributed by atoms with Crippen LogP contribution in [0.1, 0.15) is 42.4 Å². The standard InChI is InChI=1S/C20H23F2NO2/c21-16-8-4-14(5-9-16)18(20(25)23-12-2-1-3-13-23)19(24)15-6-10-17(22)11-7-15/h4-11,18-20,24-25H,1-3,12-13H2. The van der Waals surface area contributed by atoms with Crippen molar-refractivity contribution in [3.63, 3.8) is 0 Å². The number of hydrogen-bond donors (Lipinski definition) is 2. The molecule has 0 aliphatic carbocycles. The van der Waals surface area contributed by atoms with E-state index < -0.39 is 18.2 Å². The van der Waals surface area contributed by atoms with E-state index in [1.807, 2.05) is 4.90 Å². The molecule has 2 aromatic rings. The summed E-state index contributed by atoms with van der Waals surface area (Å²) in [6.45, 7) is 1.52. The van der Waals surface area contributed by atoms with Crippen molar-refractivity contribution in [3.05, 3.63) is 71.3 Å². The van der Waals surface area contributed by atoms with Gasteiger partial charge in [0.05, 0.1) is 12.0 Å². The van der Waals surface area contributed by atoms with Gasteiger partial charge >= 0.3 is 0 Å². The van der Waals surface area contributed by atoms with Gasteiger partial charge < -0.3 is 10.2 Å². The molecule has 3 atom stereocenters. The molecule has 1 aliphatic rings. The lowest BCUT2D eigenvalue weighted by molar-refractivity contribution is -0.0592. The summed E-state index contributed by atoms with van der Waals surface area (Å²) in [6.07, 6.45) is 1.21. The third-order valence-corrected chi connectivity index (χ3v) is 4.89. The summed E-state index contributed by atoms with van der Waals surface area (Å²) in [6, 6.07) is 11.4. The monoisotopic (exact) mass is 347 g/mol. The summed E-state index contributed by atoms with van der Waals surface area (Å²) in [7, 11) is 0. The van der Waals surface area contributed by atoms with Crippen LogP contribution in [0.3, 0.4) is 0 Å². The molecule has 25 heavy (non-hydrogen) atoms. The van der Waals surface area contributed by atoms with E-state index in [9.17, 15) is 19.0 Å². The maximum atomic E-state index is 13.3. The Balaban J connectivity index is 1.92. The number of halogens is 2. The van der Waals surface area contributed by atoms with Crippen molar-refractivity contribution >= 4 is 0 Å². The van der Waals surface area contributed by atoms with Crippen LogP contribution >= 0.6 is 0 Å². The predicted molar refractivity (Wildman–Crippen MR) is 91.9 cm³/mol. The molecule has 134 valence electrons. The molecule has 0 radical (unpaired) electrons. The first-order chi connectivity index (χ1) is 12.1. The van der Waals surface area contributed by atoms with E-state index in [1.54, 1.807) is 12.1 Å². The molecule has 5 heteroatoms. The lowest BCUT2D eigenvalue weighted by atomic mass is 9.86. The van der Waals surface area contributed by atoms with Crippen molar-refractivity contribution in [3.8, 4) is 0 Å². The largest absolute Gasteiger partial charge is 0.388 e. The van der Waals surface area contributed by atoms with E-state index in [0.29, 0.717) is 11.1 Å². The quantitative estimate of drug-likeness (QED) is 0.869. The minimum absolute atomic E-state index is 0.369. The molecule has 2 N–H and O–H groups in total. The van der Waals surface area contributed by atoms with Gasteiger partial charge in [-0.3, -0.25) is 4.90 Å². The highest BCUT2D eigenvalue weighted by Crippen LogP contribution is 2.36. The molecule has 3 rings (SSSR count). The van der Waals surface area contributed by atoms with Gasteiger partial charge in [-0.05, 0) is 48.2 Å². The average molecular weight is 347 g/mol. The molecule has 0 amide bonds. The Kier molecular flexibility index (Phi) is 5.78. The fraction of sp³-hybridized carbons (Fsp3) is 0.400. The number of aliphatic hydroxyl groups excluding tert-OH is 2. The van der Waals surface area contributed by atoms with Crippen molar-refractivity contribution in [1.82, 2.24) is 4.90 Å². The molecule has 0 saturated carbocycles. The average Bonchev–Trinajstić information content (AvgIpc) is 2.64. The second-order valence-corrected chi connectivity index (χ2v) is 6.58. The van der Waals surface area contributed by atoms with Gasteiger partial charge in [0, 0.05) is 13.1 Å². The molecule has 2 aromatic carbocycles. The molecule has 1 saturated heterocycles. The molecule has 1 heterocycles. The van der Waals surface area contributed by atoms with E-state index in [0.717, 1.165) is 32.4 Å². The predicted octanol–water partition coefficient (Wildman–Crippen LogP) is 3.59. The Bertz CT molecular complexity index is 669. The number of benzene rings is 2. The second-order valence-electron chi connectivity index (χ2n) is 6.58. The Hall–Kier alpha value is -1.82. The van der Waals surface area contributed by atoms with Crippen LogP contribution in [0.2, 0.25) is 0 Å². The number of rotatable bonds is 5. The first-order valence-electron chi connectivity index (χ1n) is 8.67. The van der Waals surface area contributed by atoms with E-state index in [4.69, 9.17) is 0 Å². The van der Waals surface area contributed by atoms with Crippen LogP contribution in [0, 0.1) is 11.6 Å². The minimum Gasteiger partial charge on any atom is -0.388 e. The lowest BCUT2D eigenvalue weighted by Crippen LogP contribution is -2.44. The van der Waals surface area contributed by atoms with Crippen LogP contribution in [-0.2, 0) is 0 Å². The third-order valence-electron chi connectivity index (χ3n) is 4.89. The topological polar surface area (TPSA) is 43.7 Å². The van der Waals surface area contributed by atoms with Crippen LogP contribution in [-0.4, -0.2) is 34.4 Å². The van der Waals surface area contributed by atoms with E-state index >= 15 is 0 Å². The van der Waals surface area contributed by atoms with Crippen LogP contribution in [0.5, 0.6) is 0 Å². The van der Waals surface area contributed by atoms with E-state index in [2.05, 4.69) is 0 Å². The van der Waals surface area contributed by atoms with Gasteiger partial charge in [-0.1, -0.05) is 30.7 Å². The number of likely N-dealkylation sites (tertiary alicyclic amines) is 1. The zero-order valence-electron chi connectivity index (χ0n) is 14.0. The second kappa shape index (κ2) is 8.04. The Morgan fingerprint density at radius 3 is 1.72 bits per heavy atom. The van der Waals surface area contributed by atoms with Crippen molar-refractivity contribution in [2.24, 2.45) is 0 Å². The van der Waals surface area contributed by atoms with Gasteiger partial charge in [-0.15, -0.1) is 0 Å². The highest BCUT2D eigenvalue weighted by Gasteiger charge is 2.34. The van der Waals surface area contributed by atoms with Crippen LogP contribution in [0.15, 0.2) is 48.5 Å². The van der Waals surface area contributed by atoms with Gasteiger partial charge in [0.2, 0.25) is 0 Å². The Morgan fingerprint density at radius 1 is 0.720 bits per heavy atom. The summed E-state index contributed by atoms with van der Waals surface area (Å²) in [5.41, 5.74) is 1.17. The van der Waals surface area contributed by atoms with Crippen molar-refractivity contribution in [2.75, 3.05) is 13.1 Å². The summed E-state index contributed by atoms with van der Waals surface area (Å²) < 4.78 is 26.5. The van der Waals surface area contributed by atoms with Crippen LogP contribution < -0.4 is 0 Å². The van der Waals surface area contributed by atoms with Gasteiger partial charge in [0.1, 0.15) is 17.9 Å². The molecular formula is C20H23F2NO2. The zero-order chi connectivity index (χ0) is 17.8. The zero-order valence-corrected chi connectivity index (χ0v) is 14.0. The molecule has 3 nitrogen and oxygen atoms in total. The van der Waals surface area contributed by atoms with Crippen molar-refractivity contribution < 1.29 is 19.0 Å². The molecule has 1 fully saturated rings. The third kappa shape index (κ3) is 4.24. The van der Waals surface area contributed by atoms with Crippen LogP contribution in [0.4, 0.5) is 8.78 Å². The van der Waals surface area contributed by atoms with E-state index in [-0.39, 0.29) is 11.6 Å². The molecule has 0 bridgehead atoms. The summed E-state index contributed by atoms with van der Waals surface area (Å²) in [5, 5.41) is 21.8.